The first-order valence-electron chi connectivity index (χ1n) is 13.6. The van der Waals surface area contributed by atoms with E-state index < -0.39 is 27.8 Å². The van der Waals surface area contributed by atoms with Gasteiger partial charge in [0.15, 0.2) is 0 Å². The van der Waals surface area contributed by atoms with E-state index in [1.165, 1.54) is 0 Å². The number of nitrogens with zero attached hydrogens (tertiary/aromatic N) is 2. The minimum atomic E-state index is -3.55. The summed E-state index contributed by atoms with van der Waals surface area (Å²) < 4.78 is 61.0. The molecule has 43 heavy (non-hydrogen) atoms. The third-order valence-corrected chi connectivity index (χ3v) is 10.2. The van der Waals surface area contributed by atoms with Crippen LogP contribution >= 0.6 is 27.5 Å². The van der Waals surface area contributed by atoms with Gasteiger partial charge in [0.25, 0.3) is 6.43 Å². The Bertz CT molecular complexity index is 1670. The Labute approximate surface area is 263 Å². The molecule has 1 heterocycles. The van der Waals surface area contributed by atoms with Crippen LogP contribution in [0.2, 0.25) is 5.02 Å². The van der Waals surface area contributed by atoms with Crippen LogP contribution in [0.3, 0.4) is 0 Å². The van der Waals surface area contributed by atoms with Gasteiger partial charge in [-0.05, 0) is 67.6 Å². The van der Waals surface area contributed by atoms with Gasteiger partial charge >= 0.3 is 0 Å². The summed E-state index contributed by atoms with van der Waals surface area (Å²) in [5.41, 5.74) is 3.40. The summed E-state index contributed by atoms with van der Waals surface area (Å²) in [7, 11) is -1.81. The number of hydroxylamine groups is 2. The number of aromatic nitrogens is 2. The number of allylic oxidation sites excluding steroid dienone is 4. The van der Waals surface area contributed by atoms with Crippen molar-refractivity contribution in [3.63, 3.8) is 0 Å². The van der Waals surface area contributed by atoms with Crippen molar-refractivity contribution < 1.29 is 27.0 Å². The Morgan fingerprint density at radius 3 is 2.63 bits per heavy atom. The molecule has 3 aromatic rings. The standard InChI is InChI=1S/C29H35BrClF2N5O4S/c1-17-10-20(30)7-9-24(17)38(39)15-19-12-23-25(13-26(19)42-16-27(32)33)37(5)28(36-23)35-22-11-18(6-8-21(22)31)14-34-43(40,41)29(2,3)4/h6-9,11-13,17,27,34,38H,10,14-16H2,1-5H3,(H,35,36). The van der Waals surface area contributed by atoms with E-state index in [1.807, 2.05) is 13.0 Å². The number of aryl methyl sites for hydroxylation is 1. The van der Waals surface area contributed by atoms with Gasteiger partial charge in [-0.2, -0.15) is 0 Å². The fourth-order valence-corrected chi connectivity index (χ4v) is 6.12. The minimum Gasteiger partial charge on any atom is -0.629 e. The molecule has 3 N–H and O–H groups in total. The van der Waals surface area contributed by atoms with Crippen LogP contribution in [0.4, 0.5) is 20.4 Å². The van der Waals surface area contributed by atoms with Crippen LogP contribution < -0.4 is 19.8 Å². The highest BCUT2D eigenvalue weighted by atomic mass is 79.9. The molecule has 1 aliphatic rings. The first-order chi connectivity index (χ1) is 20.1. The van der Waals surface area contributed by atoms with Gasteiger partial charge < -0.3 is 24.9 Å². The van der Waals surface area contributed by atoms with Gasteiger partial charge in [0, 0.05) is 25.6 Å². The maximum atomic E-state index is 13.3. The molecule has 2 atom stereocenters. The van der Waals surface area contributed by atoms with E-state index in [0.29, 0.717) is 50.9 Å². The first kappa shape index (κ1) is 33.3. The number of alkyl halides is 2. The number of nitrogens with one attached hydrogen (secondary N) is 3. The van der Waals surface area contributed by atoms with Crippen molar-refractivity contribution in [1.29, 1.82) is 0 Å². The second-order valence-corrected chi connectivity index (χ2v) is 15.4. The van der Waals surface area contributed by atoms with Crippen molar-refractivity contribution >= 4 is 60.2 Å². The summed E-state index contributed by atoms with van der Waals surface area (Å²) >= 11 is 9.92. The van der Waals surface area contributed by atoms with Gasteiger partial charge in [-0.3, -0.25) is 0 Å². The smallest absolute Gasteiger partial charge is 0.272 e. The number of imidazole rings is 1. The summed E-state index contributed by atoms with van der Waals surface area (Å²) in [6.45, 7) is 6.03. The highest BCUT2D eigenvalue weighted by Crippen LogP contribution is 2.32. The average molecular weight is 703 g/mol. The normalized spacial score (nSPS) is 16.8. The van der Waals surface area contributed by atoms with Crippen molar-refractivity contribution in [2.24, 2.45) is 13.0 Å². The highest BCUT2D eigenvalue weighted by molar-refractivity contribution is 9.11. The van der Waals surface area contributed by atoms with Gasteiger partial charge in [-0.15, -0.1) is 0 Å². The molecule has 4 rings (SSSR count). The highest BCUT2D eigenvalue weighted by Gasteiger charge is 2.28. The molecule has 9 nitrogen and oxygen atoms in total. The largest absolute Gasteiger partial charge is 0.629 e. The van der Waals surface area contributed by atoms with E-state index in [4.69, 9.17) is 16.3 Å². The van der Waals surface area contributed by atoms with Gasteiger partial charge in [0.1, 0.15) is 24.6 Å². The van der Waals surface area contributed by atoms with Gasteiger partial charge in [0.2, 0.25) is 16.0 Å². The van der Waals surface area contributed by atoms with Crippen LogP contribution in [0, 0.1) is 11.1 Å². The average Bonchev–Trinajstić information content (AvgIpc) is 3.20. The molecule has 0 saturated carbocycles. The van der Waals surface area contributed by atoms with Crippen LogP contribution in [-0.2, 0) is 30.2 Å². The molecule has 0 amide bonds. The molecule has 0 radical (unpaired) electrons. The molecule has 0 spiro atoms. The molecule has 0 fully saturated rings. The van der Waals surface area contributed by atoms with E-state index >= 15 is 0 Å². The third kappa shape index (κ3) is 7.95. The lowest BCUT2D eigenvalue weighted by atomic mass is 9.98. The number of hydrogen-bond acceptors (Lipinski definition) is 6. The number of rotatable bonds is 11. The minimum absolute atomic E-state index is 0.0102. The number of ether oxygens (including phenoxy) is 1. The van der Waals surface area contributed by atoms with Crippen LogP contribution in [-0.4, -0.2) is 35.7 Å². The molecule has 0 bridgehead atoms. The van der Waals surface area contributed by atoms with Gasteiger partial charge in [-0.25, -0.2) is 26.9 Å². The van der Waals surface area contributed by atoms with Crippen LogP contribution in [0.25, 0.3) is 11.0 Å². The lowest BCUT2D eigenvalue weighted by Gasteiger charge is -2.30. The number of benzene rings is 2. The number of quaternary nitrogens is 1. The third-order valence-electron chi connectivity index (χ3n) is 7.13. The second kappa shape index (κ2) is 13.2. The van der Waals surface area contributed by atoms with Crippen molar-refractivity contribution in [3.05, 3.63) is 74.0 Å². The molecule has 0 saturated heterocycles. The van der Waals surface area contributed by atoms with Crippen molar-refractivity contribution in [1.82, 2.24) is 14.3 Å². The quantitative estimate of drug-likeness (QED) is 0.214. The summed E-state index contributed by atoms with van der Waals surface area (Å²) in [4.78, 5) is 4.67. The topological polar surface area (TPSA) is 113 Å². The zero-order chi connectivity index (χ0) is 31.7. The van der Waals surface area contributed by atoms with Crippen molar-refractivity contribution in [2.75, 3.05) is 11.9 Å². The SMILES string of the molecule is CC1CC(Br)=CC=C1[NH+]([O-])Cc1cc2nc(Nc3cc(CNS(=O)(=O)C(C)(C)C)ccc3Cl)n(C)c2cc1OCC(F)F. The summed E-state index contributed by atoms with van der Waals surface area (Å²) in [6, 6.07) is 8.38. The lowest BCUT2D eigenvalue weighted by molar-refractivity contribution is -0.825. The number of sulfonamides is 1. The van der Waals surface area contributed by atoms with Crippen molar-refractivity contribution in [3.8, 4) is 5.75 Å². The number of halogens is 4. The summed E-state index contributed by atoms with van der Waals surface area (Å²) in [5, 5.41) is 16.7. The molecule has 1 aliphatic carbocycles. The van der Waals surface area contributed by atoms with E-state index in [2.05, 4.69) is 31.0 Å². The fourth-order valence-electron chi connectivity index (χ4n) is 4.55. The predicted octanol–water partition coefficient (Wildman–Crippen LogP) is 5.92. The number of fused-ring (bicyclic) bond motifs is 1. The van der Waals surface area contributed by atoms with E-state index in [0.717, 1.165) is 4.48 Å². The molecule has 0 aliphatic heterocycles. The van der Waals surface area contributed by atoms with Crippen LogP contribution in [0.5, 0.6) is 5.75 Å². The molecule has 2 aromatic carbocycles. The molecular formula is C29H35BrClF2N5O4S. The molecular weight excluding hydrogens is 668 g/mol. The Morgan fingerprint density at radius 2 is 1.98 bits per heavy atom. The monoisotopic (exact) mass is 701 g/mol. The van der Waals surface area contributed by atoms with E-state index in [9.17, 15) is 22.4 Å². The zero-order valence-corrected chi connectivity index (χ0v) is 27.6. The van der Waals surface area contributed by atoms with Crippen LogP contribution in [0.15, 0.2) is 52.7 Å². The Balaban J connectivity index is 1.64. The van der Waals surface area contributed by atoms with Gasteiger partial charge in [-0.1, -0.05) is 40.5 Å². The van der Waals surface area contributed by atoms with Gasteiger partial charge in [0.05, 0.1) is 32.1 Å². The summed E-state index contributed by atoms with van der Waals surface area (Å²) in [5.74, 6) is 0.588. The maximum absolute atomic E-state index is 13.3. The molecule has 234 valence electrons. The number of anilines is 2. The molecule has 2 unspecified atom stereocenters. The number of hydrogen-bond donors (Lipinski definition) is 3. The van der Waals surface area contributed by atoms with Crippen LogP contribution in [0.1, 0.15) is 45.2 Å². The van der Waals surface area contributed by atoms with E-state index in [-0.39, 0.29) is 29.8 Å². The lowest BCUT2D eigenvalue weighted by Crippen LogP contribution is -3.04. The fraction of sp³-hybridized carbons (Fsp3) is 0.414. The Morgan fingerprint density at radius 1 is 1.26 bits per heavy atom. The second-order valence-electron chi connectivity index (χ2n) is 11.5. The maximum Gasteiger partial charge on any atom is 0.272 e. The predicted molar refractivity (Wildman–Crippen MR) is 169 cm³/mol. The Hall–Kier alpha value is -2.55. The van der Waals surface area contributed by atoms with E-state index in [1.54, 1.807) is 68.8 Å². The zero-order valence-electron chi connectivity index (χ0n) is 24.5. The summed E-state index contributed by atoms with van der Waals surface area (Å²) in [6.07, 6.45) is 1.65. The first-order valence-corrected chi connectivity index (χ1v) is 16.3. The molecule has 14 heteroatoms. The Kier molecular flexibility index (Phi) is 10.2. The molecule has 1 aromatic heterocycles. The van der Waals surface area contributed by atoms with Crippen molar-refractivity contribution in [2.45, 2.75) is 58.4 Å².